The van der Waals surface area contributed by atoms with Crippen LogP contribution < -0.4 is 37.2 Å². The minimum absolute atomic E-state index is 0. The molecule has 0 aliphatic heterocycles. The van der Waals surface area contributed by atoms with E-state index in [4.69, 9.17) is 15.0 Å². The zero-order chi connectivity index (χ0) is 22.2. The smallest absolute Gasteiger partial charge is 0.160 e. The molecule has 0 saturated heterocycles. The van der Waals surface area contributed by atoms with Crippen LogP contribution in [0.1, 0.15) is 0 Å². The molecule has 0 N–H and O–H groups in total. The second kappa shape index (κ2) is 13.4. The number of hydrogen-bond donors (Lipinski definition) is 0. The third-order valence-electron chi connectivity index (χ3n) is 5.36. The summed E-state index contributed by atoms with van der Waals surface area (Å²) in [5.74, 6) is 1.72. The zero-order valence-corrected chi connectivity index (χ0v) is 24.1. The molecule has 5 rings (SSSR count). The number of nitrogens with zero attached hydrogens (tertiary/aromatic N) is 7. The zero-order valence-electron chi connectivity index (χ0n) is 20.5. The molecule has 0 fully saturated rings. The molecule has 11 heteroatoms. The number of imidazole rings is 2. The van der Waals surface area contributed by atoms with Gasteiger partial charge in [0.2, 0.25) is 0 Å². The summed E-state index contributed by atoms with van der Waals surface area (Å²) in [6.45, 7) is 1.45. The van der Waals surface area contributed by atoms with Crippen molar-refractivity contribution in [2.45, 2.75) is 13.3 Å². The van der Waals surface area contributed by atoms with Gasteiger partial charge in [0.25, 0.3) is 0 Å². The minimum atomic E-state index is 0. The molecule has 0 amide bonds. The van der Waals surface area contributed by atoms with Crippen molar-refractivity contribution in [1.29, 1.82) is 0 Å². The number of para-hydroxylation sites is 4. The van der Waals surface area contributed by atoms with Crippen molar-refractivity contribution in [3.05, 3.63) is 66.7 Å². The average molecular weight is 583 g/mol. The second-order valence-corrected chi connectivity index (χ2v) is 8.55. The van der Waals surface area contributed by atoms with Crippen LogP contribution >= 0.6 is 0 Å². The van der Waals surface area contributed by atoms with Crippen molar-refractivity contribution in [1.82, 2.24) is 33.9 Å². The molecule has 1 radical (unpaired) electrons. The van der Waals surface area contributed by atoms with Gasteiger partial charge in [0.05, 0.1) is 35.4 Å². The normalized spacial score (nSPS) is 10.6. The summed E-state index contributed by atoms with van der Waals surface area (Å²) in [6, 6.07) is 22.5. The Morgan fingerprint density at radius 3 is 1.33 bits per heavy atom. The van der Waals surface area contributed by atoms with Crippen molar-refractivity contribution in [3.8, 4) is 23.0 Å². The van der Waals surface area contributed by atoms with Gasteiger partial charge in [-0.2, -0.15) is 0 Å². The topological polar surface area (TPSA) is 55.0 Å². The van der Waals surface area contributed by atoms with Crippen LogP contribution in [-0.2, 0) is 31.9 Å². The number of pyridine rings is 1. The molecule has 3 heterocycles. The Labute approximate surface area is 242 Å². The Kier molecular flexibility index (Phi) is 11.9. The standard InChI is InChI=1S/C25H27N7.3ClH.V/c1-29(2)16-31-22-14-7-5-10-18(22)27-24(31)20-12-9-13-21(26-20)25-28-19-11-6-8-15-23(19)32(25)17-30(3)4;;;;/h5-15H,16-17H2,1-4H3;3*1H;/p-3. The van der Waals surface area contributed by atoms with Crippen LogP contribution in [0.4, 0.5) is 0 Å². The van der Waals surface area contributed by atoms with Crippen LogP contribution in [0.5, 0.6) is 0 Å². The number of aromatic nitrogens is 5. The predicted octanol–water partition coefficient (Wildman–Crippen LogP) is -4.84. The maximum absolute atomic E-state index is 5.04. The fourth-order valence-electron chi connectivity index (χ4n) is 4.08. The summed E-state index contributed by atoms with van der Waals surface area (Å²) in [5, 5.41) is 0. The van der Waals surface area contributed by atoms with E-state index in [1.165, 1.54) is 0 Å². The molecule has 36 heavy (non-hydrogen) atoms. The van der Waals surface area contributed by atoms with Crippen molar-refractivity contribution < 1.29 is 55.8 Å². The molecule has 0 saturated carbocycles. The first-order valence-electron chi connectivity index (χ1n) is 10.7. The van der Waals surface area contributed by atoms with Crippen LogP contribution in [0, 0.1) is 0 Å². The molecule has 0 aliphatic carbocycles. The van der Waals surface area contributed by atoms with E-state index in [1.54, 1.807) is 0 Å². The Bertz CT molecular complexity index is 1310. The van der Waals surface area contributed by atoms with Gasteiger partial charge in [-0.15, -0.1) is 0 Å². The van der Waals surface area contributed by atoms with Crippen LogP contribution in [0.25, 0.3) is 45.1 Å². The Morgan fingerprint density at radius 1 is 0.556 bits per heavy atom. The summed E-state index contributed by atoms with van der Waals surface area (Å²) in [5.41, 5.74) is 5.81. The summed E-state index contributed by atoms with van der Waals surface area (Å²) in [7, 11) is 8.25. The van der Waals surface area contributed by atoms with Crippen molar-refractivity contribution in [2.24, 2.45) is 0 Å². The summed E-state index contributed by atoms with van der Waals surface area (Å²) in [4.78, 5) is 19.2. The van der Waals surface area contributed by atoms with Gasteiger partial charge in [0.1, 0.15) is 11.4 Å². The summed E-state index contributed by atoms with van der Waals surface area (Å²) >= 11 is 0. The molecule has 0 spiro atoms. The monoisotopic (exact) mass is 581 g/mol. The maximum Gasteiger partial charge on any atom is 0.160 e. The first kappa shape index (κ1) is 31.9. The van der Waals surface area contributed by atoms with Crippen LogP contribution in [0.3, 0.4) is 0 Å². The van der Waals surface area contributed by atoms with E-state index >= 15 is 0 Å². The molecule has 0 aliphatic rings. The van der Waals surface area contributed by atoms with Gasteiger partial charge in [-0.3, -0.25) is 9.80 Å². The summed E-state index contributed by atoms with van der Waals surface area (Å²) < 4.78 is 4.43. The number of hydrogen-bond acceptors (Lipinski definition) is 5. The van der Waals surface area contributed by atoms with Gasteiger partial charge >= 0.3 is 0 Å². The first-order chi connectivity index (χ1) is 15.5. The maximum atomic E-state index is 5.04. The van der Waals surface area contributed by atoms with Crippen LogP contribution in [0.15, 0.2) is 66.7 Å². The van der Waals surface area contributed by atoms with Gasteiger partial charge < -0.3 is 46.4 Å². The predicted molar refractivity (Wildman–Crippen MR) is 129 cm³/mol. The van der Waals surface area contributed by atoms with E-state index in [0.717, 1.165) is 58.4 Å². The summed E-state index contributed by atoms with van der Waals surface area (Å²) in [6.07, 6.45) is 0. The molecule has 0 bridgehead atoms. The average Bonchev–Trinajstić information content (AvgIpc) is 3.32. The quantitative estimate of drug-likeness (QED) is 0.201. The van der Waals surface area contributed by atoms with Gasteiger partial charge in [-0.05, 0) is 64.6 Å². The van der Waals surface area contributed by atoms with E-state index in [9.17, 15) is 0 Å². The molecule has 191 valence electrons. The van der Waals surface area contributed by atoms with Crippen LogP contribution in [0.2, 0.25) is 0 Å². The van der Waals surface area contributed by atoms with E-state index in [-0.39, 0.29) is 55.8 Å². The fourth-order valence-corrected chi connectivity index (χ4v) is 4.08. The molecular formula is C25H27Cl3N7V-3. The molecular weight excluding hydrogens is 556 g/mol. The Hall–Kier alpha value is -2.10. The van der Waals surface area contributed by atoms with E-state index in [0.29, 0.717) is 0 Å². The fraction of sp³-hybridized carbons (Fsp3) is 0.240. The molecule has 2 aromatic carbocycles. The Balaban J connectivity index is 0.00000162. The van der Waals surface area contributed by atoms with Gasteiger partial charge in [-0.25, -0.2) is 15.0 Å². The first-order valence-corrected chi connectivity index (χ1v) is 10.7. The van der Waals surface area contributed by atoms with Crippen molar-refractivity contribution >= 4 is 22.1 Å². The van der Waals surface area contributed by atoms with Crippen molar-refractivity contribution in [2.75, 3.05) is 28.2 Å². The molecule has 0 atom stereocenters. The van der Waals surface area contributed by atoms with Gasteiger partial charge in [-0.1, -0.05) is 30.3 Å². The van der Waals surface area contributed by atoms with E-state index in [1.807, 2.05) is 54.6 Å². The number of fused-ring (bicyclic) bond motifs is 2. The van der Waals surface area contributed by atoms with Gasteiger partial charge in [0, 0.05) is 18.6 Å². The minimum Gasteiger partial charge on any atom is -1.00 e. The molecule has 0 unspecified atom stereocenters. The molecule has 5 aromatic rings. The molecule has 3 aromatic heterocycles. The SMILES string of the molecule is CN(C)Cn1c(-c2cccc(-c3nc4ccccc4n3CN(C)C)n2)nc2ccccc21.[Cl-].[Cl-].[Cl-].[V]. The molecule has 7 nitrogen and oxygen atoms in total. The number of halogens is 3. The van der Waals surface area contributed by atoms with E-state index in [2.05, 4.69) is 59.3 Å². The van der Waals surface area contributed by atoms with Gasteiger partial charge in [0.15, 0.2) is 11.6 Å². The Morgan fingerprint density at radius 2 is 0.944 bits per heavy atom. The second-order valence-electron chi connectivity index (χ2n) is 8.55. The number of benzene rings is 2. The number of rotatable bonds is 6. The van der Waals surface area contributed by atoms with Crippen molar-refractivity contribution in [3.63, 3.8) is 0 Å². The third-order valence-corrected chi connectivity index (χ3v) is 5.36. The third kappa shape index (κ3) is 6.24. The van der Waals surface area contributed by atoms with E-state index < -0.39 is 0 Å². The largest absolute Gasteiger partial charge is 1.00 e. The van der Waals surface area contributed by atoms with Crippen LogP contribution in [-0.4, -0.2) is 62.1 Å².